The van der Waals surface area contributed by atoms with E-state index in [4.69, 9.17) is 0 Å². The summed E-state index contributed by atoms with van der Waals surface area (Å²) in [6.45, 7) is -0.389. The molecule has 7 nitrogen and oxygen atoms in total. The molecule has 0 spiro atoms. The van der Waals surface area contributed by atoms with Crippen LogP contribution in [-0.4, -0.2) is 31.7 Å². The average molecular weight is 372 g/mol. The summed E-state index contributed by atoms with van der Waals surface area (Å²) < 4.78 is 58.5. The van der Waals surface area contributed by atoms with Gasteiger partial charge in [-0.25, -0.2) is 4.98 Å². The first-order chi connectivity index (χ1) is 11.7. The van der Waals surface area contributed by atoms with Crippen molar-refractivity contribution >= 4 is 21.8 Å². The lowest BCUT2D eigenvalue weighted by Crippen LogP contribution is -2.40. The molecule has 25 heavy (non-hydrogen) atoms. The van der Waals surface area contributed by atoms with Crippen LogP contribution in [0.4, 0.5) is 14.6 Å². The van der Waals surface area contributed by atoms with Crippen LogP contribution >= 0.6 is 0 Å². The molecule has 0 aliphatic carbocycles. The molecular formula is C15H14F2N2O5S. The molecule has 0 saturated heterocycles. The summed E-state index contributed by atoms with van der Waals surface area (Å²) in [4.78, 5) is 15.5. The quantitative estimate of drug-likeness (QED) is 0.749. The number of para-hydroxylation sites is 1. The van der Waals surface area contributed by atoms with Crippen molar-refractivity contribution in [2.75, 3.05) is 11.6 Å². The number of carbonyl (C=O) groups is 1. The lowest BCUT2D eigenvalue weighted by molar-refractivity contribution is -0.187. The van der Waals surface area contributed by atoms with Gasteiger partial charge < -0.3 is 10.1 Å². The second kappa shape index (κ2) is 7.53. The number of aromatic nitrogens is 1. The zero-order chi connectivity index (χ0) is 18.5. The summed E-state index contributed by atoms with van der Waals surface area (Å²) in [5.41, 5.74) is 0.135. The third kappa shape index (κ3) is 6.08. The van der Waals surface area contributed by atoms with Gasteiger partial charge in [-0.2, -0.15) is 17.2 Å². The van der Waals surface area contributed by atoms with Crippen molar-refractivity contribution in [2.24, 2.45) is 0 Å². The third-order valence-electron chi connectivity index (χ3n) is 2.72. The van der Waals surface area contributed by atoms with E-state index >= 15 is 0 Å². The van der Waals surface area contributed by atoms with E-state index in [0.29, 0.717) is 0 Å². The van der Waals surface area contributed by atoms with E-state index in [1.165, 1.54) is 42.5 Å². The Hall–Kier alpha value is -2.59. The van der Waals surface area contributed by atoms with Crippen LogP contribution < -0.4 is 10.1 Å². The molecule has 0 fully saturated rings. The van der Waals surface area contributed by atoms with Crippen LogP contribution in [0.2, 0.25) is 0 Å². The van der Waals surface area contributed by atoms with Crippen LogP contribution in [0.15, 0.2) is 48.5 Å². The second-order valence-electron chi connectivity index (χ2n) is 4.87. The van der Waals surface area contributed by atoms with Gasteiger partial charge in [0.2, 0.25) is 0 Å². The molecule has 10 heteroatoms. The number of carbonyl (C=O) groups excluding carboxylic acids is 1. The molecule has 2 aromatic rings. The smallest absolute Gasteiger partial charge is 0.425 e. The SMILES string of the molecule is CS(=O)(=O)OCc1cccc(NC(=O)C(F)(F)Oc2ccccc2)n1. The first kappa shape index (κ1) is 18.7. The Bertz CT molecular complexity index is 844. The maximum absolute atomic E-state index is 13.8. The van der Waals surface area contributed by atoms with Gasteiger partial charge in [-0.15, -0.1) is 0 Å². The number of halogens is 2. The molecular weight excluding hydrogens is 358 g/mol. The summed E-state index contributed by atoms with van der Waals surface area (Å²) in [6.07, 6.45) is -3.26. The van der Waals surface area contributed by atoms with Crippen molar-refractivity contribution in [1.82, 2.24) is 4.98 Å². The molecule has 1 aromatic heterocycles. The predicted octanol–water partition coefficient (Wildman–Crippen LogP) is 2.17. The highest BCUT2D eigenvalue weighted by molar-refractivity contribution is 7.85. The zero-order valence-corrected chi connectivity index (χ0v) is 13.8. The van der Waals surface area contributed by atoms with E-state index in [2.05, 4.69) is 13.9 Å². The van der Waals surface area contributed by atoms with Crippen molar-refractivity contribution in [3.05, 3.63) is 54.2 Å². The summed E-state index contributed by atoms with van der Waals surface area (Å²) in [5.74, 6) is -2.09. The maximum Gasteiger partial charge on any atom is 0.482 e. The number of benzene rings is 1. The number of anilines is 1. The van der Waals surface area contributed by atoms with Gasteiger partial charge in [-0.05, 0) is 24.3 Å². The number of rotatable bonds is 7. The fourth-order valence-corrected chi connectivity index (χ4v) is 2.00. The fourth-order valence-electron chi connectivity index (χ4n) is 1.67. The molecule has 0 aliphatic rings. The number of pyridine rings is 1. The van der Waals surface area contributed by atoms with Crippen LogP contribution in [0.1, 0.15) is 5.69 Å². The van der Waals surface area contributed by atoms with Gasteiger partial charge in [0.1, 0.15) is 18.2 Å². The molecule has 2 rings (SSSR count). The van der Waals surface area contributed by atoms with Crippen LogP contribution in [0.3, 0.4) is 0 Å². The minimum atomic E-state index is -4.12. The summed E-state index contributed by atoms with van der Waals surface area (Å²) in [5, 5.41) is 1.91. The number of hydrogen-bond acceptors (Lipinski definition) is 6. The molecule has 0 radical (unpaired) electrons. The lowest BCUT2D eigenvalue weighted by Gasteiger charge is -2.17. The topological polar surface area (TPSA) is 94.6 Å². The number of ether oxygens (including phenoxy) is 1. The molecule has 1 N–H and O–H groups in total. The summed E-state index contributed by atoms with van der Waals surface area (Å²) in [6, 6.07) is 11.2. The predicted molar refractivity (Wildman–Crippen MR) is 84.5 cm³/mol. The molecule has 0 saturated carbocycles. The lowest BCUT2D eigenvalue weighted by atomic mass is 10.3. The minimum Gasteiger partial charge on any atom is -0.425 e. The van der Waals surface area contributed by atoms with E-state index in [0.717, 1.165) is 6.26 Å². The van der Waals surface area contributed by atoms with Crippen LogP contribution in [0.5, 0.6) is 5.75 Å². The Morgan fingerprint density at radius 1 is 1.16 bits per heavy atom. The zero-order valence-electron chi connectivity index (χ0n) is 13.0. The Balaban J connectivity index is 2.04. The normalized spacial score (nSPS) is 11.8. The number of nitrogens with one attached hydrogen (secondary N) is 1. The van der Waals surface area contributed by atoms with Gasteiger partial charge in [0.25, 0.3) is 10.1 Å². The van der Waals surface area contributed by atoms with Gasteiger partial charge in [-0.1, -0.05) is 24.3 Å². The van der Waals surface area contributed by atoms with E-state index in [1.807, 2.05) is 5.32 Å². The Morgan fingerprint density at radius 3 is 2.48 bits per heavy atom. The van der Waals surface area contributed by atoms with E-state index in [1.54, 1.807) is 6.07 Å². The van der Waals surface area contributed by atoms with Crippen molar-refractivity contribution in [3.63, 3.8) is 0 Å². The average Bonchev–Trinajstić information content (AvgIpc) is 2.53. The van der Waals surface area contributed by atoms with Crippen molar-refractivity contribution in [2.45, 2.75) is 12.7 Å². The molecule has 1 heterocycles. The van der Waals surface area contributed by atoms with Crippen molar-refractivity contribution in [1.29, 1.82) is 0 Å². The second-order valence-corrected chi connectivity index (χ2v) is 6.51. The molecule has 0 unspecified atom stereocenters. The number of amides is 1. The van der Waals surface area contributed by atoms with Gasteiger partial charge in [0.15, 0.2) is 0 Å². The maximum atomic E-state index is 13.8. The van der Waals surface area contributed by atoms with Gasteiger partial charge in [-0.3, -0.25) is 8.98 Å². The standard InChI is InChI=1S/C15H14F2N2O5S/c1-25(21,22)23-10-11-6-5-9-13(18-11)19-14(20)15(16,17)24-12-7-3-2-4-8-12/h2-9H,10H2,1H3,(H,18,19,20). The third-order valence-corrected chi connectivity index (χ3v) is 3.27. The number of nitrogens with zero attached hydrogens (tertiary/aromatic N) is 1. The molecule has 134 valence electrons. The molecule has 0 atom stereocenters. The monoisotopic (exact) mass is 372 g/mol. The van der Waals surface area contributed by atoms with E-state index in [-0.39, 0.29) is 23.9 Å². The largest absolute Gasteiger partial charge is 0.482 e. The molecule has 1 amide bonds. The van der Waals surface area contributed by atoms with Crippen LogP contribution in [0.25, 0.3) is 0 Å². The minimum absolute atomic E-state index is 0.135. The first-order valence-corrected chi connectivity index (χ1v) is 8.71. The summed E-state index contributed by atoms with van der Waals surface area (Å²) in [7, 11) is -3.68. The van der Waals surface area contributed by atoms with Crippen molar-refractivity contribution < 1.29 is 30.9 Å². The molecule has 1 aromatic carbocycles. The molecule has 0 aliphatic heterocycles. The van der Waals surface area contributed by atoms with Gasteiger partial charge in [0, 0.05) is 0 Å². The van der Waals surface area contributed by atoms with E-state index in [9.17, 15) is 22.0 Å². The van der Waals surface area contributed by atoms with Crippen LogP contribution in [-0.2, 0) is 25.7 Å². The Kier molecular flexibility index (Phi) is 5.65. The Morgan fingerprint density at radius 2 is 1.84 bits per heavy atom. The summed E-state index contributed by atoms with van der Waals surface area (Å²) >= 11 is 0. The number of alkyl halides is 2. The van der Waals surface area contributed by atoms with E-state index < -0.39 is 22.1 Å². The molecule has 0 bridgehead atoms. The Labute approximate surface area is 142 Å². The number of hydrogen-bond donors (Lipinski definition) is 1. The highest BCUT2D eigenvalue weighted by atomic mass is 32.2. The van der Waals surface area contributed by atoms with Crippen LogP contribution in [0, 0.1) is 0 Å². The van der Waals surface area contributed by atoms with Gasteiger partial charge >= 0.3 is 12.0 Å². The highest BCUT2D eigenvalue weighted by Crippen LogP contribution is 2.22. The first-order valence-electron chi connectivity index (χ1n) is 6.89. The van der Waals surface area contributed by atoms with Gasteiger partial charge in [0.05, 0.1) is 11.9 Å². The van der Waals surface area contributed by atoms with Crippen molar-refractivity contribution in [3.8, 4) is 5.75 Å². The highest BCUT2D eigenvalue weighted by Gasteiger charge is 2.42. The fraction of sp³-hybridized carbons (Fsp3) is 0.200.